The summed E-state index contributed by atoms with van der Waals surface area (Å²) in [7, 11) is -0.925. The van der Waals surface area contributed by atoms with Crippen LogP contribution in [0.5, 0.6) is 0 Å². The zero-order chi connectivity index (χ0) is 18.2. The zero-order valence-corrected chi connectivity index (χ0v) is 19.5. The molecule has 0 unspecified atom stereocenters. The molecule has 0 spiro atoms. The minimum absolute atomic E-state index is 0. The lowest BCUT2D eigenvalue weighted by Gasteiger charge is -2.26. The molecule has 1 aliphatic carbocycles. The van der Waals surface area contributed by atoms with E-state index in [9.17, 15) is 8.42 Å². The molecular weight excluding hydrogens is 453 g/mol. The Hall–Kier alpha value is -0.0900. The average Bonchev–Trinajstić information content (AvgIpc) is 3.29. The first-order valence-corrected chi connectivity index (χ1v) is 10.9. The third-order valence-electron chi connectivity index (χ3n) is 4.12. The molecule has 0 saturated heterocycles. The highest BCUT2D eigenvalue weighted by Gasteiger charge is 2.22. The molecule has 1 aliphatic rings. The highest BCUT2D eigenvalue weighted by atomic mass is 127. The van der Waals surface area contributed by atoms with E-state index in [0.29, 0.717) is 19.6 Å². The van der Waals surface area contributed by atoms with Crippen LogP contribution in [0.15, 0.2) is 4.99 Å². The van der Waals surface area contributed by atoms with E-state index in [1.807, 2.05) is 14.0 Å². The summed E-state index contributed by atoms with van der Waals surface area (Å²) in [4.78, 5) is 6.77. The Balaban J connectivity index is 0.00000576. The normalized spacial score (nSPS) is 15.6. The van der Waals surface area contributed by atoms with Crippen LogP contribution in [0, 0.1) is 11.3 Å². The van der Waals surface area contributed by atoms with Crippen molar-refractivity contribution in [2.24, 2.45) is 16.3 Å². The molecule has 0 aromatic carbocycles. The molecule has 1 saturated carbocycles. The van der Waals surface area contributed by atoms with Crippen molar-refractivity contribution in [3.05, 3.63) is 0 Å². The Morgan fingerprint density at radius 3 is 2.52 bits per heavy atom. The maximum absolute atomic E-state index is 11.4. The lowest BCUT2D eigenvalue weighted by molar-refractivity contribution is 0.115. The summed E-state index contributed by atoms with van der Waals surface area (Å²) in [6, 6.07) is 0. The third kappa shape index (κ3) is 12.8. The van der Waals surface area contributed by atoms with E-state index in [-0.39, 0.29) is 35.1 Å². The standard InChI is InChI=1S/C17H35N3O3S.HI/c1-6-18-16(20(4)10-11-23-13-15-7-8-15)19-14-17(2,3)9-12-24(5,21)22;/h15H,6-14H2,1-5H3,(H,18,19);1H. The highest BCUT2D eigenvalue weighted by molar-refractivity contribution is 14.0. The first kappa shape index (κ1) is 24.9. The number of nitrogens with zero attached hydrogens (tertiary/aromatic N) is 2. The number of likely N-dealkylation sites (N-methyl/N-ethyl adjacent to an activating group) is 1. The minimum atomic E-state index is -2.93. The smallest absolute Gasteiger partial charge is 0.193 e. The number of sulfone groups is 1. The number of hydrogen-bond acceptors (Lipinski definition) is 4. The molecule has 0 aliphatic heterocycles. The molecule has 0 aromatic heterocycles. The summed E-state index contributed by atoms with van der Waals surface area (Å²) in [6.07, 6.45) is 4.51. The van der Waals surface area contributed by atoms with Crippen molar-refractivity contribution in [1.82, 2.24) is 10.2 Å². The van der Waals surface area contributed by atoms with Gasteiger partial charge in [-0.05, 0) is 37.5 Å². The molecule has 25 heavy (non-hydrogen) atoms. The van der Waals surface area contributed by atoms with Crippen LogP contribution in [0.2, 0.25) is 0 Å². The van der Waals surface area contributed by atoms with E-state index in [2.05, 4.69) is 24.1 Å². The molecular formula is C17H36IN3O3S. The number of aliphatic imine (C=N–C) groups is 1. The Labute approximate surface area is 171 Å². The Morgan fingerprint density at radius 2 is 2.00 bits per heavy atom. The number of nitrogens with one attached hydrogen (secondary N) is 1. The van der Waals surface area contributed by atoms with Crippen molar-refractivity contribution in [2.45, 2.75) is 40.0 Å². The van der Waals surface area contributed by atoms with Gasteiger partial charge in [0.05, 0.1) is 12.4 Å². The lowest BCUT2D eigenvalue weighted by Crippen LogP contribution is -2.41. The molecule has 6 nitrogen and oxygen atoms in total. The van der Waals surface area contributed by atoms with E-state index >= 15 is 0 Å². The van der Waals surface area contributed by atoms with Crippen molar-refractivity contribution in [1.29, 1.82) is 0 Å². The maximum atomic E-state index is 11.4. The quantitative estimate of drug-likeness (QED) is 0.209. The van der Waals surface area contributed by atoms with E-state index < -0.39 is 9.84 Å². The van der Waals surface area contributed by atoms with Gasteiger partial charge in [-0.25, -0.2) is 8.42 Å². The molecule has 0 radical (unpaired) electrons. The fourth-order valence-electron chi connectivity index (χ4n) is 2.14. The largest absolute Gasteiger partial charge is 0.379 e. The third-order valence-corrected chi connectivity index (χ3v) is 5.07. The first-order valence-electron chi connectivity index (χ1n) is 8.88. The van der Waals surface area contributed by atoms with Crippen molar-refractivity contribution in [3.8, 4) is 0 Å². The average molecular weight is 489 g/mol. The van der Waals surface area contributed by atoms with Gasteiger partial charge in [0, 0.05) is 39.5 Å². The van der Waals surface area contributed by atoms with Gasteiger partial charge in [-0.15, -0.1) is 24.0 Å². The van der Waals surface area contributed by atoms with Gasteiger partial charge in [0.15, 0.2) is 5.96 Å². The van der Waals surface area contributed by atoms with E-state index in [1.165, 1.54) is 19.1 Å². The summed E-state index contributed by atoms with van der Waals surface area (Å²) >= 11 is 0. The predicted molar refractivity (Wildman–Crippen MR) is 116 cm³/mol. The van der Waals surface area contributed by atoms with Gasteiger partial charge in [-0.2, -0.15) is 0 Å². The SMILES string of the molecule is CCNC(=NCC(C)(C)CCS(C)(=O)=O)N(C)CCOCC1CC1.I. The second kappa shape index (κ2) is 11.6. The Kier molecular flexibility index (Phi) is 11.5. The number of rotatable bonds is 11. The van der Waals surface area contributed by atoms with Crippen molar-refractivity contribution in [2.75, 3.05) is 51.9 Å². The van der Waals surface area contributed by atoms with Crippen LogP contribution in [0.25, 0.3) is 0 Å². The zero-order valence-electron chi connectivity index (χ0n) is 16.4. The van der Waals surface area contributed by atoms with Crippen LogP contribution in [0.1, 0.15) is 40.0 Å². The summed E-state index contributed by atoms with van der Waals surface area (Å²) < 4.78 is 28.4. The molecule has 0 aromatic rings. The van der Waals surface area contributed by atoms with Gasteiger partial charge in [0.25, 0.3) is 0 Å². The van der Waals surface area contributed by atoms with Crippen molar-refractivity contribution < 1.29 is 13.2 Å². The molecule has 150 valence electrons. The minimum Gasteiger partial charge on any atom is -0.379 e. The number of halogens is 1. The Bertz CT molecular complexity index is 505. The van der Waals surface area contributed by atoms with E-state index in [0.717, 1.165) is 31.6 Å². The molecule has 0 heterocycles. The first-order chi connectivity index (χ1) is 11.1. The maximum Gasteiger partial charge on any atom is 0.193 e. The predicted octanol–water partition coefficient (Wildman–Crippen LogP) is 2.39. The second-order valence-electron chi connectivity index (χ2n) is 7.65. The van der Waals surface area contributed by atoms with Crippen LogP contribution >= 0.6 is 24.0 Å². The summed E-state index contributed by atoms with van der Waals surface area (Å²) in [5, 5.41) is 3.29. The fourth-order valence-corrected chi connectivity index (χ4v) is 3.06. The summed E-state index contributed by atoms with van der Waals surface area (Å²) in [5.74, 6) is 1.84. The molecule has 8 heteroatoms. The molecule has 0 bridgehead atoms. The number of guanidine groups is 1. The summed E-state index contributed by atoms with van der Waals surface area (Å²) in [5.41, 5.74) is -0.146. The topological polar surface area (TPSA) is 71.0 Å². The Morgan fingerprint density at radius 1 is 1.36 bits per heavy atom. The molecule has 1 rings (SSSR count). The van der Waals surface area contributed by atoms with Gasteiger partial charge in [-0.3, -0.25) is 4.99 Å². The van der Waals surface area contributed by atoms with Gasteiger partial charge >= 0.3 is 0 Å². The van der Waals surface area contributed by atoms with Gasteiger partial charge in [0.2, 0.25) is 0 Å². The fraction of sp³-hybridized carbons (Fsp3) is 0.941. The highest BCUT2D eigenvalue weighted by Crippen LogP contribution is 2.28. The lowest BCUT2D eigenvalue weighted by atomic mass is 9.90. The van der Waals surface area contributed by atoms with Crippen LogP contribution in [0.3, 0.4) is 0 Å². The van der Waals surface area contributed by atoms with Crippen LogP contribution in [-0.2, 0) is 14.6 Å². The van der Waals surface area contributed by atoms with Crippen molar-refractivity contribution in [3.63, 3.8) is 0 Å². The molecule has 1 N–H and O–H groups in total. The monoisotopic (exact) mass is 489 g/mol. The second-order valence-corrected chi connectivity index (χ2v) is 9.91. The summed E-state index contributed by atoms with van der Waals surface area (Å²) in [6.45, 7) is 9.93. The molecule has 1 fully saturated rings. The van der Waals surface area contributed by atoms with E-state index in [4.69, 9.17) is 9.73 Å². The van der Waals surface area contributed by atoms with Gasteiger partial charge in [-0.1, -0.05) is 13.8 Å². The van der Waals surface area contributed by atoms with Crippen LogP contribution < -0.4 is 5.32 Å². The number of ether oxygens (including phenoxy) is 1. The van der Waals surface area contributed by atoms with Crippen molar-refractivity contribution >= 4 is 39.8 Å². The van der Waals surface area contributed by atoms with Gasteiger partial charge in [0.1, 0.15) is 9.84 Å². The molecule has 0 amide bonds. The molecule has 0 atom stereocenters. The van der Waals surface area contributed by atoms with Crippen LogP contribution in [0.4, 0.5) is 0 Å². The number of hydrogen-bond donors (Lipinski definition) is 1. The van der Waals surface area contributed by atoms with Gasteiger partial charge < -0.3 is 15.0 Å². The van der Waals surface area contributed by atoms with E-state index in [1.54, 1.807) is 0 Å². The van der Waals surface area contributed by atoms with Crippen LogP contribution in [-0.4, -0.2) is 71.2 Å².